The third-order valence-electron chi connectivity index (χ3n) is 2.79. The van der Waals surface area contributed by atoms with Gasteiger partial charge in [-0.25, -0.2) is 4.98 Å². The highest BCUT2D eigenvalue weighted by Crippen LogP contribution is 2.26. The third kappa shape index (κ3) is 3.22. The minimum atomic E-state index is -0.496. The SMILES string of the molecule is CCNc1nc(C)c([N+](=O)[O-])c(NCc2nncn2C)n1. The number of aromatic nitrogens is 5. The average molecular weight is 292 g/mol. The van der Waals surface area contributed by atoms with Crippen LogP contribution in [0, 0.1) is 17.0 Å². The van der Waals surface area contributed by atoms with Crippen LogP contribution in [0.5, 0.6) is 0 Å². The maximum atomic E-state index is 11.2. The van der Waals surface area contributed by atoms with Crippen LogP contribution in [0.15, 0.2) is 6.33 Å². The fourth-order valence-electron chi connectivity index (χ4n) is 1.78. The molecule has 0 saturated heterocycles. The number of anilines is 2. The summed E-state index contributed by atoms with van der Waals surface area (Å²) in [6, 6.07) is 0. The smallest absolute Gasteiger partial charge is 0.332 e. The zero-order valence-electron chi connectivity index (χ0n) is 12.0. The van der Waals surface area contributed by atoms with E-state index in [9.17, 15) is 10.1 Å². The Morgan fingerprint density at radius 3 is 2.71 bits per heavy atom. The van der Waals surface area contributed by atoms with Crippen LogP contribution in [0.2, 0.25) is 0 Å². The van der Waals surface area contributed by atoms with Crippen molar-refractivity contribution in [2.45, 2.75) is 20.4 Å². The number of nitrogens with one attached hydrogen (secondary N) is 2. The van der Waals surface area contributed by atoms with Gasteiger partial charge in [-0.2, -0.15) is 4.98 Å². The molecule has 112 valence electrons. The lowest BCUT2D eigenvalue weighted by Crippen LogP contribution is -2.12. The fourth-order valence-corrected chi connectivity index (χ4v) is 1.78. The summed E-state index contributed by atoms with van der Waals surface area (Å²) in [6.45, 7) is 4.38. The van der Waals surface area contributed by atoms with Gasteiger partial charge in [0.15, 0.2) is 5.82 Å². The van der Waals surface area contributed by atoms with Gasteiger partial charge in [0.1, 0.15) is 12.0 Å². The van der Waals surface area contributed by atoms with Crippen LogP contribution >= 0.6 is 0 Å². The van der Waals surface area contributed by atoms with Crippen molar-refractivity contribution in [3.8, 4) is 0 Å². The van der Waals surface area contributed by atoms with Gasteiger partial charge < -0.3 is 15.2 Å². The molecule has 2 aromatic rings. The van der Waals surface area contributed by atoms with Crippen molar-refractivity contribution in [2.24, 2.45) is 7.05 Å². The second-order valence-corrected chi connectivity index (χ2v) is 4.33. The molecule has 0 amide bonds. The summed E-state index contributed by atoms with van der Waals surface area (Å²) in [6.07, 6.45) is 1.56. The Bertz CT molecular complexity index is 654. The monoisotopic (exact) mass is 292 g/mol. The molecule has 2 aromatic heterocycles. The van der Waals surface area contributed by atoms with Crippen molar-refractivity contribution < 1.29 is 4.92 Å². The number of aryl methyl sites for hydroxylation is 2. The molecule has 10 heteroatoms. The molecule has 0 unspecified atom stereocenters. The first-order valence-corrected chi connectivity index (χ1v) is 6.36. The maximum absolute atomic E-state index is 11.2. The quantitative estimate of drug-likeness (QED) is 0.593. The Balaban J connectivity index is 2.30. The summed E-state index contributed by atoms with van der Waals surface area (Å²) < 4.78 is 1.72. The van der Waals surface area contributed by atoms with E-state index >= 15 is 0 Å². The highest BCUT2D eigenvalue weighted by molar-refractivity contribution is 5.60. The van der Waals surface area contributed by atoms with Crippen LogP contribution in [0.1, 0.15) is 18.4 Å². The lowest BCUT2D eigenvalue weighted by atomic mass is 10.3. The van der Waals surface area contributed by atoms with Crippen LogP contribution in [-0.2, 0) is 13.6 Å². The molecule has 2 heterocycles. The summed E-state index contributed by atoms with van der Waals surface area (Å²) in [7, 11) is 1.79. The van der Waals surface area contributed by atoms with Gasteiger partial charge >= 0.3 is 5.69 Å². The van der Waals surface area contributed by atoms with Gasteiger partial charge in [0.25, 0.3) is 0 Å². The maximum Gasteiger partial charge on any atom is 0.332 e. The molecule has 0 saturated carbocycles. The Morgan fingerprint density at radius 1 is 1.38 bits per heavy atom. The second-order valence-electron chi connectivity index (χ2n) is 4.33. The predicted molar refractivity (Wildman–Crippen MR) is 75.9 cm³/mol. The van der Waals surface area contributed by atoms with E-state index in [1.54, 1.807) is 24.9 Å². The molecule has 21 heavy (non-hydrogen) atoms. The van der Waals surface area contributed by atoms with Gasteiger partial charge in [-0.05, 0) is 13.8 Å². The number of rotatable bonds is 6. The predicted octanol–water partition coefficient (Wildman–Crippen LogP) is 0.866. The molecule has 0 aromatic carbocycles. The lowest BCUT2D eigenvalue weighted by molar-refractivity contribution is -0.385. The van der Waals surface area contributed by atoms with Gasteiger partial charge in [0.2, 0.25) is 11.8 Å². The number of hydrogen-bond donors (Lipinski definition) is 2. The van der Waals surface area contributed by atoms with E-state index in [0.29, 0.717) is 24.0 Å². The molecule has 0 bridgehead atoms. The normalized spacial score (nSPS) is 10.4. The summed E-state index contributed by atoms with van der Waals surface area (Å²) in [5, 5.41) is 24.7. The minimum absolute atomic E-state index is 0.140. The molecule has 0 atom stereocenters. The Kier molecular flexibility index (Phi) is 4.26. The lowest BCUT2D eigenvalue weighted by Gasteiger charge is -2.09. The van der Waals surface area contributed by atoms with Crippen molar-refractivity contribution in [3.63, 3.8) is 0 Å². The Hall–Kier alpha value is -2.78. The van der Waals surface area contributed by atoms with E-state index in [1.807, 2.05) is 6.92 Å². The van der Waals surface area contributed by atoms with Crippen molar-refractivity contribution >= 4 is 17.5 Å². The summed E-state index contributed by atoms with van der Waals surface area (Å²) in [5.74, 6) is 1.15. The minimum Gasteiger partial charge on any atom is -0.357 e. The summed E-state index contributed by atoms with van der Waals surface area (Å²) in [4.78, 5) is 18.9. The zero-order valence-corrected chi connectivity index (χ0v) is 12.0. The highest BCUT2D eigenvalue weighted by Gasteiger charge is 2.22. The molecule has 0 fully saturated rings. The second kappa shape index (κ2) is 6.11. The van der Waals surface area contributed by atoms with Crippen LogP contribution < -0.4 is 10.6 Å². The first-order valence-electron chi connectivity index (χ1n) is 6.36. The molecule has 2 N–H and O–H groups in total. The van der Waals surface area contributed by atoms with Gasteiger partial charge in [-0.3, -0.25) is 10.1 Å². The van der Waals surface area contributed by atoms with Crippen molar-refractivity contribution in [1.82, 2.24) is 24.7 Å². The van der Waals surface area contributed by atoms with Crippen molar-refractivity contribution in [3.05, 3.63) is 28.0 Å². The van der Waals surface area contributed by atoms with Crippen molar-refractivity contribution in [1.29, 1.82) is 0 Å². The fraction of sp³-hybridized carbons (Fsp3) is 0.455. The molecule has 0 spiro atoms. The number of hydrogen-bond acceptors (Lipinski definition) is 8. The molecule has 2 rings (SSSR count). The molecular weight excluding hydrogens is 276 g/mol. The van der Waals surface area contributed by atoms with E-state index in [1.165, 1.54) is 0 Å². The summed E-state index contributed by atoms with van der Waals surface area (Å²) in [5.41, 5.74) is 0.158. The molecule has 10 nitrogen and oxygen atoms in total. The van der Waals surface area contributed by atoms with Crippen LogP contribution in [0.25, 0.3) is 0 Å². The largest absolute Gasteiger partial charge is 0.357 e. The van der Waals surface area contributed by atoms with E-state index in [2.05, 4.69) is 30.8 Å². The topological polar surface area (TPSA) is 124 Å². The molecule has 0 aliphatic carbocycles. The Labute approximate surface area is 120 Å². The standard InChI is InChI=1S/C11H16N8O2/c1-4-12-11-15-7(2)9(19(20)21)10(16-11)13-5-8-17-14-6-18(8)3/h6H,4-5H2,1-3H3,(H2,12,13,15,16). The average Bonchev–Trinajstić information content (AvgIpc) is 2.81. The van der Waals surface area contributed by atoms with Gasteiger partial charge in [-0.15, -0.1) is 10.2 Å². The molecule has 0 aliphatic heterocycles. The highest BCUT2D eigenvalue weighted by atomic mass is 16.6. The van der Waals surface area contributed by atoms with Crippen molar-refractivity contribution in [2.75, 3.05) is 17.2 Å². The van der Waals surface area contributed by atoms with E-state index in [-0.39, 0.29) is 18.1 Å². The third-order valence-corrected chi connectivity index (χ3v) is 2.79. The molecule has 0 radical (unpaired) electrons. The van der Waals surface area contributed by atoms with Crippen LogP contribution in [0.3, 0.4) is 0 Å². The van der Waals surface area contributed by atoms with Crippen LogP contribution in [0.4, 0.5) is 17.5 Å². The summed E-state index contributed by atoms with van der Waals surface area (Å²) >= 11 is 0. The van der Waals surface area contributed by atoms with Gasteiger partial charge in [0.05, 0.1) is 11.5 Å². The van der Waals surface area contributed by atoms with Gasteiger partial charge in [0, 0.05) is 13.6 Å². The van der Waals surface area contributed by atoms with E-state index in [0.717, 1.165) is 0 Å². The number of nitro groups is 1. The molecule has 0 aliphatic rings. The van der Waals surface area contributed by atoms with E-state index in [4.69, 9.17) is 0 Å². The molecular formula is C11H16N8O2. The first kappa shape index (κ1) is 14.6. The van der Waals surface area contributed by atoms with Gasteiger partial charge in [-0.1, -0.05) is 0 Å². The zero-order chi connectivity index (χ0) is 15.4. The van der Waals surface area contributed by atoms with Crippen LogP contribution in [-0.4, -0.2) is 36.2 Å². The number of nitrogens with zero attached hydrogens (tertiary/aromatic N) is 6. The van der Waals surface area contributed by atoms with E-state index < -0.39 is 4.92 Å². The Morgan fingerprint density at radius 2 is 2.14 bits per heavy atom. The first-order chi connectivity index (χ1) is 10.0.